The number of nitrogens with zero attached hydrogens (tertiary/aromatic N) is 1. The maximum atomic E-state index is 12.4. The number of carbonyl (C=O) groups excluding carboxylic acids is 1. The molecular formula is C20H17N3O5S2. The Hall–Kier alpha value is -3.37. The number of nitrogens with one attached hydrogen (secondary N) is 2. The molecule has 0 spiro atoms. The predicted molar refractivity (Wildman–Crippen MR) is 113 cm³/mol. The summed E-state index contributed by atoms with van der Waals surface area (Å²) in [7, 11) is -3.74. The number of amides is 1. The Kier molecular flexibility index (Phi) is 5.42. The van der Waals surface area contributed by atoms with Gasteiger partial charge < -0.3 is 14.8 Å². The van der Waals surface area contributed by atoms with Crippen molar-refractivity contribution >= 4 is 44.1 Å². The molecule has 2 heterocycles. The number of rotatable bonds is 7. The molecule has 0 aliphatic heterocycles. The van der Waals surface area contributed by atoms with Crippen LogP contribution in [0.25, 0.3) is 11.1 Å². The van der Waals surface area contributed by atoms with Crippen molar-refractivity contribution in [1.29, 1.82) is 0 Å². The van der Waals surface area contributed by atoms with Crippen LogP contribution < -0.4 is 10.0 Å². The second-order valence-electron chi connectivity index (χ2n) is 6.35. The summed E-state index contributed by atoms with van der Waals surface area (Å²) < 4.78 is 32.6. The summed E-state index contributed by atoms with van der Waals surface area (Å²) in [6.07, 6.45) is 0.389. The summed E-state index contributed by atoms with van der Waals surface area (Å²) in [6.45, 7) is 0.262. The van der Waals surface area contributed by atoms with Gasteiger partial charge in [-0.1, -0.05) is 18.2 Å². The summed E-state index contributed by atoms with van der Waals surface area (Å²) in [5.74, 6) is -0.323. The fraction of sp³-hybridized carbons (Fsp3) is 0.100. The monoisotopic (exact) mass is 443 g/mol. The van der Waals surface area contributed by atoms with Gasteiger partial charge in [0.25, 0.3) is 15.9 Å². The van der Waals surface area contributed by atoms with Crippen LogP contribution in [-0.2, 0) is 16.4 Å². The zero-order chi connectivity index (χ0) is 21.1. The standard InChI is InChI=1S/C20H17N3O5S2/c24-16-12-13(23-30(26,27)19-6-3-11-29-19)7-8-14(16)20(25)21-10-9-18-22-15-4-1-2-5-17(15)28-18/h1-8,11-12,23-24H,9-10H2,(H,21,25). The molecule has 30 heavy (non-hydrogen) atoms. The number of thiophene rings is 1. The van der Waals surface area contributed by atoms with E-state index in [1.807, 2.05) is 24.3 Å². The molecule has 0 bridgehead atoms. The summed E-state index contributed by atoms with van der Waals surface area (Å²) in [4.78, 5) is 16.7. The van der Waals surface area contributed by atoms with E-state index in [0.717, 1.165) is 16.9 Å². The normalized spacial score (nSPS) is 11.5. The smallest absolute Gasteiger partial charge is 0.271 e. The van der Waals surface area contributed by atoms with Crippen molar-refractivity contribution in [3.05, 3.63) is 71.4 Å². The molecule has 0 fully saturated rings. The molecule has 2 aromatic carbocycles. The molecule has 0 unspecified atom stereocenters. The Morgan fingerprint density at radius 1 is 1.13 bits per heavy atom. The molecule has 8 nitrogen and oxygen atoms in total. The van der Waals surface area contributed by atoms with E-state index in [1.165, 1.54) is 24.3 Å². The van der Waals surface area contributed by atoms with Crippen molar-refractivity contribution < 1.29 is 22.7 Å². The first kappa shape index (κ1) is 19.9. The van der Waals surface area contributed by atoms with E-state index in [2.05, 4.69) is 15.0 Å². The quantitative estimate of drug-likeness (QED) is 0.403. The molecule has 0 saturated carbocycles. The van der Waals surface area contributed by atoms with Gasteiger partial charge in [-0.25, -0.2) is 13.4 Å². The molecule has 0 radical (unpaired) electrons. The van der Waals surface area contributed by atoms with Gasteiger partial charge in [-0.3, -0.25) is 9.52 Å². The van der Waals surface area contributed by atoms with Crippen LogP contribution in [0, 0.1) is 0 Å². The molecule has 0 saturated heterocycles. The number of oxazole rings is 1. The van der Waals surface area contributed by atoms with E-state index >= 15 is 0 Å². The second kappa shape index (κ2) is 8.17. The van der Waals surface area contributed by atoms with Gasteiger partial charge in [0.2, 0.25) is 0 Å². The SMILES string of the molecule is O=C(NCCc1nc2ccccc2o1)c1ccc(NS(=O)(=O)c2cccs2)cc1O. The average Bonchev–Trinajstić information content (AvgIpc) is 3.38. The number of anilines is 1. The lowest BCUT2D eigenvalue weighted by Gasteiger charge is -2.10. The van der Waals surface area contributed by atoms with E-state index in [0.29, 0.717) is 17.9 Å². The number of fused-ring (bicyclic) bond motifs is 1. The molecular weight excluding hydrogens is 426 g/mol. The first-order valence-electron chi connectivity index (χ1n) is 8.94. The topological polar surface area (TPSA) is 122 Å². The van der Waals surface area contributed by atoms with Crippen molar-refractivity contribution in [3.8, 4) is 5.75 Å². The van der Waals surface area contributed by atoms with Gasteiger partial charge in [0, 0.05) is 19.0 Å². The molecule has 0 aliphatic rings. The number of aromatic hydroxyl groups is 1. The molecule has 1 amide bonds. The number of phenols is 1. The Morgan fingerprint density at radius 2 is 1.97 bits per heavy atom. The first-order chi connectivity index (χ1) is 14.4. The number of carbonyl (C=O) groups is 1. The predicted octanol–water partition coefficient (Wildman–Crippen LogP) is 3.37. The highest BCUT2D eigenvalue weighted by molar-refractivity contribution is 7.94. The van der Waals surface area contributed by atoms with Gasteiger partial charge in [0.05, 0.1) is 11.3 Å². The number of phenolic OH excluding ortho intramolecular Hbond substituents is 1. The highest BCUT2D eigenvalue weighted by Crippen LogP contribution is 2.25. The summed E-state index contributed by atoms with van der Waals surface area (Å²) in [6, 6.07) is 14.5. The summed E-state index contributed by atoms with van der Waals surface area (Å²) >= 11 is 1.08. The van der Waals surface area contributed by atoms with Crippen LogP contribution in [0.2, 0.25) is 0 Å². The Bertz CT molecular complexity index is 1260. The number of para-hydroxylation sites is 2. The lowest BCUT2D eigenvalue weighted by molar-refractivity contribution is 0.0951. The molecule has 4 rings (SSSR count). The average molecular weight is 444 g/mol. The molecule has 10 heteroatoms. The minimum Gasteiger partial charge on any atom is -0.507 e. The van der Waals surface area contributed by atoms with Gasteiger partial charge >= 0.3 is 0 Å². The molecule has 4 aromatic rings. The van der Waals surface area contributed by atoms with Crippen LogP contribution in [0.15, 0.2) is 68.6 Å². The van der Waals surface area contributed by atoms with E-state index in [1.54, 1.807) is 11.4 Å². The van der Waals surface area contributed by atoms with Crippen LogP contribution in [-0.4, -0.2) is 31.0 Å². The summed E-state index contributed by atoms with van der Waals surface area (Å²) in [5.41, 5.74) is 1.62. The van der Waals surface area contributed by atoms with E-state index in [4.69, 9.17) is 4.42 Å². The third kappa shape index (κ3) is 4.29. The number of sulfonamides is 1. The molecule has 2 aromatic heterocycles. The van der Waals surface area contributed by atoms with E-state index in [-0.39, 0.29) is 27.8 Å². The van der Waals surface area contributed by atoms with E-state index < -0.39 is 15.9 Å². The number of benzene rings is 2. The van der Waals surface area contributed by atoms with Gasteiger partial charge in [-0.2, -0.15) is 0 Å². The molecule has 3 N–H and O–H groups in total. The van der Waals surface area contributed by atoms with Crippen molar-refractivity contribution in [3.63, 3.8) is 0 Å². The van der Waals surface area contributed by atoms with Crippen LogP contribution in [0.3, 0.4) is 0 Å². The zero-order valence-electron chi connectivity index (χ0n) is 15.5. The van der Waals surface area contributed by atoms with E-state index in [9.17, 15) is 18.3 Å². The fourth-order valence-corrected chi connectivity index (χ4v) is 4.86. The maximum absolute atomic E-state index is 12.4. The minimum absolute atomic E-state index is 0.0339. The highest BCUT2D eigenvalue weighted by atomic mass is 32.2. The number of hydrogen-bond acceptors (Lipinski definition) is 7. The van der Waals surface area contributed by atoms with Crippen LogP contribution in [0.1, 0.15) is 16.2 Å². The number of hydrogen-bond donors (Lipinski definition) is 3. The molecule has 154 valence electrons. The van der Waals surface area contributed by atoms with Crippen molar-refractivity contribution in [2.24, 2.45) is 0 Å². The fourth-order valence-electron chi connectivity index (χ4n) is 2.81. The largest absolute Gasteiger partial charge is 0.507 e. The third-order valence-corrected chi connectivity index (χ3v) is 7.00. The van der Waals surface area contributed by atoms with Gasteiger partial charge in [-0.15, -0.1) is 11.3 Å². The van der Waals surface area contributed by atoms with Crippen LogP contribution in [0.4, 0.5) is 5.69 Å². The van der Waals surface area contributed by atoms with Crippen molar-refractivity contribution in [2.45, 2.75) is 10.6 Å². The van der Waals surface area contributed by atoms with Gasteiger partial charge in [0.15, 0.2) is 11.5 Å². The highest BCUT2D eigenvalue weighted by Gasteiger charge is 2.17. The second-order valence-corrected chi connectivity index (χ2v) is 9.21. The van der Waals surface area contributed by atoms with Gasteiger partial charge in [0.1, 0.15) is 15.5 Å². The van der Waals surface area contributed by atoms with Crippen molar-refractivity contribution in [2.75, 3.05) is 11.3 Å². The lowest BCUT2D eigenvalue weighted by Crippen LogP contribution is -2.25. The van der Waals surface area contributed by atoms with Gasteiger partial charge in [-0.05, 0) is 35.7 Å². The maximum Gasteiger partial charge on any atom is 0.271 e. The Morgan fingerprint density at radius 3 is 2.70 bits per heavy atom. The van der Waals surface area contributed by atoms with Crippen LogP contribution >= 0.6 is 11.3 Å². The first-order valence-corrected chi connectivity index (χ1v) is 11.3. The lowest BCUT2D eigenvalue weighted by atomic mass is 10.1. The summed E-state index contributed by atoms with van der Waals surface area (Å²) in [5, 5.41) is 14.5. The molecule has 0 atom stereocenters. The van der Waals surface area contributed by atoms with Crippen LogP contribution in [0.5, 0.6) is 5.75 Å². The minimum atomic E-state index is -3.74. The Labute approximate surface area is 176 Å². The number of aromatic nitrogens is 1. The van der Waals surface area contributed by atoms with Crippen molar-refractivity contribution in [1.82, 2.24) is 10.3 Å². The Balaban J connectivity index is 1.38. The third-order valence-electron chi connectivity index (χ3n) is 4.22. The zero-order valence-corrected chi connectivity index (χ0v) is 17.2. The molecule has 0 aliphatic carbocycles.